The van der Waals surface area contributed by atoms with Crippen molar-refractivity contribution in [2.24, 2.45) is 0 Å². The van der Waals surface area contributed by atoms with Crippen molar-refractivity contribution in [2.45, 2.75) is 0 Å². The smallest absolute Gasteiger partial charge is 0.169 e. The number of thiazole rings is 1. The van der Waals surface area contributed by atoms with Crippen LogP contribution in [0.3, 0.4) is 0 Å². The fourth-order valence-corrected chi connectivity index (χ4v) is 2.87. The van der Waals surface area contributed by atoms with Crippen molar-refractivity contribution in [3.05, 3.63) is 39.0 Å². The molecule has 0 saturated carbocycles. The first-order valence-corrected chi connectivity index (χ1v) is 5.87. The van der Waals surface area contributed by atoms with Gasteiger partial charge in [0, 0.05) is 0 Å². The Kier molecular flexibility index (Phi) is 2.93. The van der Waals surface area contributed by atoms with Gasteiger partial charge < -0.3 is 0 Å². The third-order valence-corrected chi connectivity index (χ3v) is 3.59. The predicted octanol–water partition coefficient (Wildman–Crippen LogP) is 3.23. The monoisotopic (exact) mass is 315 g/mol. The van der Waals surface area contributed by atoms with Crippen LogP contribution in [0.25, 0.3) is 10.4 Å². The number of hydrogen-bond donors (Lipinski definition) is 0. The van der Waals surface area contributed by atoms with Crippen LogP contribution in [0.4, 0.5) is 0 Å². The lowest BCUT2D eigenvalue weighted by atomic mass is 10.2. The fraction of sp³-hybridized carbons (Fsp3) is 0. The summed E-state index contributed by atoms with van der Waals surface area (Å²) < 4.78 is 0.892. The molecule has 0 aliphatic rings. The lowest BCUT2D eigenvalue weighted by Gasteiger charge is -1.95. The minimum Gasteiger partial charge on any atom is -0.296 e. The van der Waals surface area contributed by atoms with E-state index in [-0.39, 0.29) is 0 Å². The predicted molar refractivity (Wildman–Crippen MR) is 65.7 cm³/mol. The van der Waals surface area contributed by atoms with E-state index in [0.29, 0.717) is 5.69 Å². The van der Waals surface area contributed by atoms with Crippen LogP contribution in [-0.4, -0.2) is 11.3 Å². The summed E-state index contributed by atoms with van der Waals surface area (Å²) in [5.74, 6) is 0. The van der Waals surface area contributed by atoms with E-state index in [1.54, 1.807) is 0 Å². The second kappa shape index (κ2) is 4.18. The quantitative estimate of drug-likeness (QED) is 0.629. The van der Waals surface area contributed by atoms with Crippen LogP contribution in [0.5, 0.6) is 0 Å². The molecule has 2 rings (SSSR count). The van der Waals surface area contributed by atoms with Crippen LogP contribution in [0.15, 0.2) is 30.3 Å². The van der Waals surface area contributed by atoms with E-state index in [4.69, 9.17) is 0 Å². The Morgan fingerprint density at radius 1 is 1.29 bits per heavy atom. The van der Waals surface area contributed by atoms with Crippen LogP contribution >= 0.6 is 33.9 Å². The Bertz CT molecular complexity index is 452. The first-order valence-electron chi connectivity index (χ1n) is 3.98. The van der Waals surface area contributed by atoms with E-state index >= 15 is 0 Å². The number of carbonyl (C=O) groups is 1. The molecule has 14 heavy (non-hydrogen) atoms. The van der Waals surface area contributed by atoms with Gasteiger partial charge in [-0.15, -0.1) is 11.3 Å². The Morgan fingerprint density at radius 2 is 2.00 bits per heavy atom. The Hall–Kier alpha value is -0.750. The van der Waals surface area contributed by atoms with Gasteiger partial charge in [0.05, 0.1) is 4.88 Å². The van der Waals surface area contributed by atoms with E-state index in [2.05, 4.69) is 27.6 Å². The molecule has 0 aliphatic heterocycles. The minimum absolute atomic E-state index is 0.533. The Labute approximate surface area is 99.1 Å². The summed E-state index contributed by atoms with van der Waals surface area (Å²) in [5.41, 5.74) is 1.58. The van der Waals surface area contributed by atoms with Gasteiger partial charge in [0.15, 0.2) is 9.30 Å². The highest BCUT2D eigenvalue weighted by atomic mass is 127. The van der Waals surface area contributed by atoms with Crippen molar-refractivity contribution in [1.82, 2.24) is 4.98 Å². The maximum atomic E-state index is 10.8. The molecule has 0 aliphatic carbocycles. The molecule has 0 fully saturated rings. The zero-order valence-corrected chi connectivity index (χ0v) is 10.1. The van der Waals surface area contributed by atoms with Gasteiger partial charge in [-0.05, 0) is 28.2 Å². The molecule has 2 aromatic rings. The lowest BCUT2D eigenvalue weighted by molar-refractivity contribution is 0.112. The zero-order chi connectivity index (χ0) is 9.97. The molecule has 2 nitrogen and oxygen atoms in total. The van der Waals surface area contributed by atoms with Crippen molar-refractivity contribution in [1.29, 1.82) is 0 Å². The van der Waals surface area contributed by atoms with Crippen LogP contribution < -0.4 is 0 Å². The summed E-state index contributed by atoms with van der Waals surface area (Å²) in [4.78, 5) is 15.8. The van der Waals surface area contributed by atoms with Crippen molar-refractivity contribution in [3.8, 4) is 10.4 Å². The normalized spacial score (nSPS) is 10.1. The molecule has 0 radical (unpaired) electrons. The summed E-state index contributed by atoms with van der Waals surface area (Å²) in [5, 5.41) is 0. The van der Waals surface area contributed by atoms with Gasteiger partial charge in [-0.3, -0.25) is 4.79 Å². The van der Waals surface area contributed by atoms with Crippen molar-refractivity contribution >= 4 is 40.2 Å². The molecule has 0 unspecified atom stereocenters. The van der Waals surface area contributed by atoms with Crippen LogP contribution in [0.1, 0.15) is 10.5 Å². The highest BCUT2D eigenvalue weighted by Gasteiger charge is 2.09. The molecule has 0 bridgehead atoms. The molecular weight excluding hydrogens is 309 g/mol. The number of nitrogens with zero attached hydrogens (tertiary/aromatic N) is 1. The fourth-order valence-electron chi connectivity index (χ4n) is 1.18. The maximum absolute atomic E-state index is 10.8. The van der Waals surface area contributed by atoms with E-state index in [1.165, 1.54) is 11.3 Å². The number of aldehydes is 1. The Morgan fingerprint density at radius 3 is 2.64 bits per heavy atom. The van der Waals surface area contributed by atoms with Gasteiger partial charge in [-0.1, -0.05) is 30.3 Å². The molecule has 0 N–H and O–H groups in total. The van der Waals surface area contributed by atoms with Gasteiger partial charge in [-0.25, -0.2) is 4.98 Å². The van der Waals surface area contributed by atoms with Crippen molar-refractivity contribution in [3.63, 3.8) is 0 Å². The first kappa shape index (κ1) is 9.79. The van der Waals surface area contributed by atoms with Gasteiger partial charge in [0.25, 0.3) is 0 Å². The third kappa shape index (κ3) is 1.85. The van der Waals surface area contributed by atoms with Crippen LogP contribution in [-0.2, 0) is 0 Å². The number of hydrogen-bond acceptors (Lipinski definition) is 3. The van der Waals surface area contributed by atoms with E-state index < -0.39 is 0 Å². The molecule has 0 saturated heterocycles. The van der Waals surface area contributed by atoms with Crippen molar-refractivity contribution in [2.75, 3.05) is 0 Å². The number of halogens is 1. The molecule has 0 atom stereocenters. The first-order chi connectivity index (χ1) is 6.81. The molecular formula is C10H6INOS. The van der Waals surface area contributed by atoms with Gasteiger partial charge >= 0.3 is 0 Å². The molecule has 0 amide bonds. The molecule has 1 aromatic carbocycles. The molecule has 1 heterocycles. The molecule has 0 spiro atoms. The SMILES string of the molecule is O=Cc1nc(I)sc1-c1ccccc1. The summed E-state index contributed by atoms with van der Waals surface area (Å²) in [7, 11) is 0. The lowest BCUT2D eigenvalue weighted by Crippen LogP contribution is -1.83. The number of carbonyl (C=O) groups excluding carboxylic acids is 1. The zero-order valence-electron chi connectivity index (χ0n) is 7.11. The Balaban J connectivity index is 2.56. The van der Waals surface area contributed by atoms with E-state index in [9.17, 15) is 4.79 Å². The topological polar surface area (TPSA) is 30.0 Å². The summed E-state index contributed by atoms with van der Waals surface area (Å²) in [6.45, 7) is 0. The van der Waals surface area contributed by atoms with Crippen molar-refractivity contribution < 1.29 is 4.79 Å². The van der Waals surface area contributed by atoms with Gasteiger partial charge in [0.2, 0.25) is 0 Å². The highest BCUT2D eigenvalue weighted by Crippen LogP contribution is 2.29. The summed E-state index contributed by atoms with van der Waals surface area (Å²) in [6, 6.07) is 9.83. The maximum Gasteiger partial charge on any atom is 0.169 e. The molecule has 70 valence electrons. The van der Waals surface area contributed by atoms with Gasteiger partial charge in [0.1, 0.15) is 5.69 Å². The largest absolute Gasteiger partial charge is 0.296 e. The third-order valence-electron chi connectivity index (χ3n) is 1.77. The van der Waals surface area contributed by atoms with E-state index in [0.717, 1.165) is 19.7 Å². The number of aromatic nitrogens is 1. The highest BCUT2D eigenvalue weighted by molar-refractivity contribution is 14.1. The second-order valence-corrected chi connectivity index (χ2v) is 5.42. The van der Waals surface area contributed by atoms with Crippen LogP contribution in [0.2, 0.25) is 0 Å². The minimum atomic E-state index is 0.533. The number of rotatable bonds is 2. The standard InChI is InChI=1S/C10H6INOS/c11-10-12-8(6-13)9(14-10)7-4-2-1-3-5-7/h1-6H. The van der Waals surface area contributed by atoms with Gasteiger partial charge in [-0.2, -0.15) is 0 Å². The molecule has 4 heteroatoms. The average molecular weight is 315 g/mol. The number of benzene rings is 1. The van der Waals surface area contributed by atoms with E-state index in [1.807, 2.05) is 30.3 Å². The second-order valence-electron chi connectivity index (χ2n) is 2.67. The summed E-state index contributed by atoms with van der Waals surface area (Å²) >= 11 is 3.66. The summed E-state index contributed by atoms with van der Waals surface area (Å²) in [6.07, 6.45) is 0.807. The molecule has 1 aromatic heterocycles. The van der Waals surface area contributed by atoms with Crippen LogP contribution in [0, 0.1) is 3.01 Å². The average Bonchev–Trinajstić information content (AvgIpc) is 2.61.